The lowest BCUT2D eigenvalue weighted by molar-refractivity contribution is 0.0942. The Kier molecular flexibility index (Phi) is 6.54. The van der Waals surface area contributed by atoms with Crippen molar-refractivity contribution in [3.05, 3.63) is 62.4 Å². The minimum Gasteiger partial charge on any atom is -0.347 e. The lowest BCUT2D eigenvalue weighted by Crippen LogP contribution is -2.41. The van der Waals surface area contributed by atoms with Crippen molar-refractivity contribution in [2.24, 2.45) is 12.8 Å². The second-order valence-corrected chi connectivity index (χ2v) is 8.35. The summed E-state index contributed by atoms with van der Waals surface area (Å²) in [5.41, 5.74) is 10.1. The lowest BCUT2D eigenvalue weighted by atomic mass is 10.0. The molecule has 148 valence electrons. The Labute approximate surface area is 174 Å². The van der Waals surface area contributed by atoms with E-state index < -0.39 is 0 Å². The van der Waals surface area contributed by atoms with Gasteiger partial charge in [0.05, 0.1) is 21.8 Å². The predicted octanol–water partition coefficient (Wildman–Crippen LogP) is 3.97. The smallest absolute Gasteiger partial charge is 0.261 e. The van der Waals surface area contributed by atoms with E-state index in [4.69, 9.17) is 17.3 Å². The van der Waals surface area contributed by atoms with Crippen LogP contribution < -0.4 is 11.1 Å². The first kappa shape index (κ1) is 20.6. The largest absolute Gasteiger partial charge is 0.347 e. The third kappa shape index (κ3) is 4.29. The molecule has 2 heterocycles. The van der Waals surface area contributed by atoms with Gasteiger partial charge in [-0.25, -0.2) is 0 Å². The van der Waals surface area contributed by atoms with Crippen LogP contribution in [0.25, 0.3) is 11.3 Å². The number of hydrogen-bond acceptors (Lipinski definition) is 4. The number of aromatic nitrogens is 2. The molecule has 0 unspecified atom stereocenters. The van der Waals surface area contributed by atoms with Crippen molar-refractivity contribution in [1.82, 2.24) is 15.1 Å². The molecule has 0 fully saturated rings. The maximum Gasteiger partial charge on any atom is 0.261 e. The molecule has 1 atom stereocenters. The fourth-order valence-corrected chi connectivity index (χ4v) is 4.54. The first-order valence-electron chi connectivity index (χ1n) is 9.30. The van der Waals surface area contributed by atoms with Crippen LogP contribution in [-0.4, -0.2) is 28.3 Å². The standard InChI is InChI=1S/C21H25ClN4OS/c1-4-18-16(20-17(22)12-24-26(20)3)10-19(28-18)21(27)25-15(11-23)9-14-8-6-5-7-13(14)2/h5-8,10,12,15H,4,9,11,23H2,1-3H3,(H,25,27)/t15-/m0/s1. The summed E-state index contributed by atoms with van der Waals surface area (Å²) in [6.07, 6.45) is 3.15. The number of carbonyl (C=O) groups excluding carboxylic acids is 1. The number of carbonyl (C=O) groups is 1. The van der Waals surface area contributed by atoms with Crippen LogP contribution in [0.4, 0.5) is 0 Å². The quantitative estimate of drug-likeness (QED) is 0.612. The summed E-state index contributed by atoms with van der Waals surface area (Å²) in [6, 6.07) is 9.95. The molecule has 0 spiro atoms. The molecule has 1 amide bonds. The number of amides is 1. The summed E-state index contributed by atoms with van der Waals surface area (Å²) in [4.78, 5) is 14.7. The van der Waals surface area contributed by atoms with Crippen LogP contribution in [0.15, 0.2) is 36.5 Å². The van der Waals surface area contributed by atoms with Gasteiger partial charge in [0.25, 0.3) is 5.91 Å². The van der Waals surface area contributed by atoms with Crippen LogP contribution in [0.1, 0.15) is 32.6 Å². The molecule has 0 aliphatic rings. The van der Waals surface area contributed by atoms with E-state index in [0.717, 1.165) is 22.6 Å². The van der Waals surface area contributed by atoms with Gasteiger partial charge in [-0.05, 0) is 37.0 Å². The number of rotatable bonds is 7. The summed E-state index contributed by atoms with van der Waals surface area (Å²) < 4.78 is 1.74. The zero-order chi connectivity index (χ0) is 20.3. The van der Waals surface area contributed by atoms with Gasteiger partial charge in [0.1, 0.15) is 0 Å². The van der Waals surface area contributed by atoms with Crippen molar-refractivity contribution in [2.75, 3.05) is 6.54 Å². The van der Waals surface area contributed by atoms with Crippen LogP contribution in [0.5, 0.6) is 0 Å². The number of nitrogens with zero attached hydrogens (tertiary/aromatic N) is 2. The number of thiophene rings is 1. The summed E-state index contributed by atoms with van der Waals surface area (Å²) in [6.45, 7) is 4.52. The summed E-state index contributed by atoms with van der Waals surface area (Å²) in [5.74, 6) is -0.103. The van der Waals surface area contributed by atoms with E-state index in [9.17, 15) is 4.79 Å². The number of aryl methyl sites for hydroxylation is 3. The minimum atomic E-state index is -0.121. The van der Waals surface area contributed by atoms with E-state index in [2.05, 4.69) is 36.4 Å². The van der Waals surface area contributed by atoms with E-state index in [-0.39, 0.29) is 11.9 Å². The Bertz CT molecular complexity index is 959. The van der Waals surface area contributed by atoms with Crippen LogP contribution in [-0.2, 0) is 19.9 Å². The fourth-order valence-electron chi connectivity index (χ4n) is 3.27. The fraction of sp³-hybridized carbons (Fsp3) is 0.333. The molecule has 3 N–H and O–H groups in total. The highest BCUT2D eigenvalue weighted by Gasteiger charge is 2.21. The van der Waals surface area contributed by atoms with Gasteiger partial charge in [-0.3, -0.25) is 9.48 Å². The van der Waals surface area contributed by atoms with E-state index in [0.29, 0.717) is 22.9 Å². The average molecular weight is 417 g/mol. The molecule has 0 saturated carbocycles. The minimum absolute atomic E-state index is 0.103. The number of hydrogen-bond donors (Lipinski definition) is 2. The van der Waals surface area contributed by atoms with E-state index in [1.165, 1.54) is 22.5 Å². The van der Waals surface area contributed by atoms with Crippen molar-refractivity contribution < 1.29 is 4.79 Å². The summed E-state index contributed by atoms with van der Waals surface area (Å²) in [7, 11) is 1.85. The number of nitrogens with two attached hydrogens (primary N) is 1. The predicted molar refractivity (Wildman–Crippen MR) is 116 cm³/mol. The Morgan fingerprint density at radius 2 is 2.14 bits per heavy atom. The van der Waals surface area contributed by atoms with Gasteiger partial charge < -0.3 is 11.1 Å². The molecule has 7 heteroatoms. The maximum absolute atomic E-state index is 12.9. The van der Waals surface area contributed by atoms with Gasteiger partial charge in [0.2, 0.25) is 0 Å². The average Bonchev–Trinajstić information content (AvgIpc) is 3.25. The van der Waals surface area contributed by atoms with Crippen LogP contribution in [0.3, 0.4) is 0 Å². The van der Waals surface area contributed by atoms with Crippen molar-refractivity contribution in [2.45, 2.75) is 32.7 Å². The molecule has 3 aromatic rings. The molecule has 2 aromatic heterocycles. The molecule has 0 saturated heterocycles. The first-order chi connectivity index (χ1) is 13.4. The molecule has 5 nitrogen and oxygen atoms in total. The summed E-state index contributed by atoms with van der Waals surface area (Å²) >= 11 is 7.81. The molecule has 0 bridgehead atoms. The molecular formula is C21H25ClN4OS. The number of nitrogens with one attached hydrogen (secondary N) is 1. The van der Waals surface area contributed by atoms with E-state index in [1.54, 1.807) is 10.9 Å². The molecular weight excluding hydrogens is 392 g/mol. The Hall–Kier alpha value is -2.15. The lowest BCUT2D eigenvalue weighted by Gasteiger charge is -2.17. The van der Waals surface area contributed by atoms with Gasteiger partial charge in [-0.1, -0.05) is 42.8 Å². The molecule has 0 aliphatic heterocycles. The van der Waals surface area contributed by atoms with E-state index in [1.807, 2.05) is 25.2 Å². The normalized spacial score (nSPS) is 12.2. The summed E-state index contributed by atoms with van der Waals surface area (Å²) in [5, 5.41) is 7.88. The molecule has 0 aliphatic carbocycles. The highest BCUT2D eigenvalue weighted by atomic mass is 35.5. The Morgan fingerprint density at radius 1 is 1.39 bits per heavy atom. The van der Waals surface area contributed by atoms with E-state index >= 15 is 0 Å². The van der Waals surface area contributed by atoms with Crippen LogP contribution in [0, 0.1) is 6.92 Å². The Morgan fingerprint density at radius 3 is 2.75 bits per heavy atom. The number of halogens is 1. The van der Waals surface area contributed by atoms with Gasteiger partial charge in [0, 0.05) is 30.1 Å². The SMILES string of the molecule is CCc1sc(C(=O)N[C@H](CN)Cc2ccccc2C)cc1-c1c(Cl)cnn1C. The second-order valence-electron chi connectivity index (χ2n) is 6.80. The maximum atomic E-state index is 12.9. The highest BCUT2D eigenvalue weighted by molar-refractivity contribution is 7.14. The Balaban J connectivity index is 1.81. The third-order valence-corrected chi connectivity index (χ3v) is 6.41. The molecule has 0 radical (unpaired) electrons. The molecule has 28 heavy (non-hydrogen) atoms. The van der Waals surface area contributed by atoms with Gasteiger partial charge in [-0.15, -0.1) is 11.3 Å². The van der Waals surface area contributed by atoms with Crippen LogP contribution in [0.2, 0.25) is 5.02 Å². The molecule has 1 aromatic carbocycles. The first-order valence-corrected chi connectivity index (χ1v) is 10.5. The van der Waals surface area contributed by atoms with Crippen LogP contribution >= 0.6 is 22.9 Å². The zero-order valence-corrected chi connectivity index (χ0v) is 17.9. The number of benzene rings is 1. The molecule has 3 rings (SSSR count). The topological polar surface area (TPSA) is 72.9 Å². The van der Waals surface area contributed by atoms with Crippen molar-refractivity contribution in [1.29, 1.82) is 0 Å². The van der Waals surface area contributed by atoms with Gasteiger partial charge in [-0.2, -0.15) is 5.10 Å². The zero-order valence-electron chi connectivity index (χ0n) is 16.3. The van der Waals surface area contributed by atoms with Gasteiger partial charge in [0.15, 0.2) is 0 Å². The monoisotopic (exact) mass is 416 g/mol. The van der Waals surface area contributed by atoms with Crippen molar-refractivity contribution >= 4 is 28.8 Å². The highest BCUT2D eigenvalue weighted by Crippen LogP contribution is 2.35. The van der Waals surface area contributed by atoms with Gasteiger partial charge >= 0.3 is 0 Å². The second kappa shape index (κ2) is 8.90. The third-order valence-electron chi connectivity index (χ3n) is 4.85. The van der Waals surface area contributed by atoms with Crippen molar-refractivity contribution in [3.8, 4) is 11.3 Å². The van der Waals surface area contributed by atoms with Crippen molar-refractivity contribution in [3.63, 3.8) is 0 Å².